The summed E-state index contributed by atoms with van der Waals surface area (Å²) in [4.78, 5) is 16.5. The molecule has 4 rings (SSSR count). The van der Waals surface area contributed by atoms with Crippen LogP contribution in [0.2, 0.25) is 0 Å². The van der Waals surface area contributed by atoms with E-state index in [1.165, 1.54) is 16.9 Å². The van der Waals surface area contributed by atoms with Crippen molar-refractivity contribution in [2.75, 3.05) is 5.32 Å². The number of rotatable bonds is 2. The molecular formula is C20H20N4O2S. The van der Waals surface area contributed by atoms with E-state index in [0.29, 0.717) is 5.13 Å². The van der Waals surface area contributed by atoms with Gasteiger partial charge in [0.25, 0.3) is 0 Å². The first-order valence-corrected chi connectivity index (χ1v) is 9.45. The number of aromatic amines is 1. The zero-order valence-corrected chi connectivity index (χ0v) is 16.4. The third-order valence-electron chi connectivity index (χ3n) is 4.12. The standard InChI is InChI=1S/C20H20N4O2S/c1-11-5-7-14-13(10-21-24-14)17(11)12-6-8-15-16(9-12)27-18(22-15)23-19(25)26-20(2,3)4/h5-10H,1-4H3,(H,21,24)(H,22,23,25). The minimum atomic E-state index is -0.547. The lowest BCUT2D eigenvalue weighted by molar-refractivity contribution is 0.0636. The Labute approximate surface area is 160 Å². The van der Waals surface area contributed by atoms with E-state index >= 15 is 0 Å². The third kappa shape index (κ3) is 3.50. The molecule has 0 unspecified atom stereocenters. The lowest BCUT2D eigenvalue weighted by atomic mass is 9.97. The molecule has 0 bridgehead atoms. The fraction of sp³-hybridized carbons (Fsp3) is 0.250. The zero-order valence-electron chi connectivity index (χ0n) is 15.6. The van der Waals surface area contributed by atoms with Crippen LogP contribution in [0.3, 0.4) is 0 Å². The summed E-state index contributed by atoms with van der Waals surface area (Å²) in [7, 11) is 0. The van der Waals surface area contributed by atoms with Gasteiger partial charge in [-0.15, -0.1) is 0 Å². The van der Waals surface area contributed by atoms with E-state index in [9.17, 15) is 4.79 Å². The SMILES string of the molecule is Cc1ccc2[nH]ncc2c1-c1ccc2nc(NC(=O)OC(C)(C)C)sc2c1. The third-order valence-corrected chi connectivity index (χ3v) is 5.05. The number of aromatic nitrogens is 3. The van der Waals surface area contributed by atoms with E-state index in [-0.39, 0.29) is 0 Å². The number of hydrogen-bond acceptors (Lipinski definition) is 5. The molecular weight excluding hydrogens is 360 g/mol. The quantitative estimate of drug-likeness (QED) is 0.481. The maximum absolute atomic E-state index is 12.0. The van der Waals surface area contributed by atoms with Crippen LogP contribution in [0.5, 0.6) is 0 Å². The topological polar surface area (TPSA) is 79.9 Å². The molecule has 4 aromatic rings. The van der Waals surface area contributed by atoms with Crippen LogP contribution in [0.25, 0.3) is 32.2 Å². The first-order valence-electron chi connectivity index (χ1n) is 8.64. The second kappa shape index (κ2) is 6.35. The summed E-state index contributed by atoms with van der Waals surface area (Å²) >= 11 is 1.43. The highest BCUT2D eigenvalue weighted by Gasteiger charge is 2.18. The summed E-state index contributed by atoms with van der Waals surface area (Å²) in [5, 5.41) is 11.5. The second-order valence-corrected chi connectivity index (χ2v) is 8.45. The molecule has 2 heterocycles. The predicted octanol–water partition coefficient (Wildman–Crippen LogP) is 5.50. The van der Waals surface area contributed by atoms with Crippen LogP contribution in [0.15, 0.2) is 36.5 Å². The molecule has 0 fully saturated rings. The minimum Gasteiger partial charge on any atom is -0.444 e. The van der Waals surface area contributed by atoms with Gasteiger partial charge in [-0.05, 0) is 62.6 Å². The van der Waals surface area contributed by atoms with Crippen molar-refractivity contribution in [1.29, 1.82) is 0 Å². The Balaban J connectivity index is 1.70. The van der Waals surface area contributed by atoms with Gasteiger partial charge in [0.05, 0.1) is 21.9 Å². The first kappa shape index (κ1) is 17.5. The Morgan fingerprint density at radius 3 is 2.81 bits per heavy atom. The van der Waals surface area contributed by atoms with Gasteiger partial charge in [-0.25, -0.2) is 9.78 Å². The molecule has 0 aliphatic rings. The van der Waals surface area contributed by atoms with Gasteiger partial charge < -0.3 is 4.74 Å². The molecule has 2 N–H and O–H groups in total. The molecule has 2 aromatic carbocycles. The Kier molecular flexibility index (Phi) is 4.11. The molecule has 0 atom stereocenters. The van der Waals surface area contributed by atoms with Crippen molar-refractivity contribution in [3.63, 3.8) is 0 Å². The number of fused-ring (bicyclic) bond motifs is 2. The molecule has 0 spiro atoms. The Bertz CT molecular complexity index is 1150. The van der Waals surface area contributed by atoms with Gasteiger partial charge in [0.1, 0.15) is 5.60 Å². The van der Waals surface area contributed by atoms with Crippen LogP contribution in [-0.4, -0.2) is 26.9 Å². The Hall–Kier alpha value is -2.93. The van der Waals surface area contributed by atoms with Crippen molar-refractivity contribution in [3.05, 3.63) is 42.1 Å². The monoisotopic (exact) mass is 380 g/mol. The van der Waals surface area contributed by atoms with E-state index in [4.69, 9.17) is 4.74 Å². The van der Waals surface area contributed by atoms with Gasteiger partial charge >= 0.3 is 6.09 Å². The Morgan fingerprint density at radius 1 is 1.22 bits per heavy atom. The number of nitrogens with one attached hydrogen (secondary N) is 2. The molecule has 2 aromatic heterocycles. The van der Waals surface area contributed by atoms with Crippen molar-refractivity contribution >= 4 is 43.7 Å². The summed E-state index contributed by atoms with van der Waals surface area (Å²) in [5.74, 6) is 0. The van der Waals surface area contributed by atoms with Crippen molar-refractivity contribution in [2.24, 2.45) is 0 Å². The van der Waals surface area contributed by atoms with E-state index in [1.807, 2.05) is 45.2 Å². The number of ether oxygens (including phenoxy) is 1. The first-order chi connectivity index (χ1) is 12.8. The van der Waals surface area contributed by atoms with Crippen LogP contribution in [0, 0.1) is 6.92 Å². The summed E-state index contributed by atoms with van der Waals surface area (Å²) in [5.41, 5.74) is 4.73. The fourth-order valence-electron chi connectivity index (χ4n) is 3.03. The minimum absolute atomic E-state index is 0.499. The zero-order chi connectivity index (χ0) is 19.2. The molecule has 0 saturated carbocycles. The molecule has 0 saturated heterocycles. The number of thiazole rings is 1. The van der Waals surface area contributed by atoms with E-state index in [1.54, 1.807) is 0 Å². The summed E-state index contributed by atoms with van der Waals surface area (Å²) in [6.45, 7) is 7.58. The van der Waals surface area contributed by atoms with Gasteiger partial charge in [0.15, 0.2) is 5.13 Å². The van der Waals surface area contributed by atoms with Crippen LogP contribution in [0.1, 0.15) is 26.3 Å². The molecule has 138 valence electrons. The van der Waals surface area contributed by atoms with E-state index in [0.717, 1.165) is 32.2 Å². The van der Waals surface area contributed by atoms with Crippen molar-refractivity contribution in [2.45, 2.75) is 33.3 Å². The smallest absolute Gasteiger partial charge is 0.413 e. The average molecular weight is 380 g/mol. The predicted molar refractivity (Wildman–Crippen MR) is 109 cm³/mol. The number of hydrogen-bond donors (Lipinski definition) is 2. The number of carbonyl (C=O) groups is 1. The lowest BCUT2D eigenvalue weighted by Gasteiger charge is -2.18. The van der Waals surface area contributed by atoms with Gasteiger partial charge in [-0.2, -0.15) is 5.10 Å². The summed E-state index contributed by atoms with van der Waals surface area (Å²) < 4.78 is 6.29. The molecule has 0 aliphatic heterocycles. The highest BCUT2D eigenvalue weighted by atomic mass is 32.1. The molecule has 6 nitrogen and oxygen atoms in total. The Morgan fingerprint density at radius 2 is 2.04 bits per heavy atom. The van der Waals surface area contributed by atoms with Gasteiger partial charge in [-0.3, -0.25) is 10.4 Å². The van der Waals surface area contributed by atoms with Crippen LogP contribution in [0.4, 0.5) is 9.93 Å². The number of nitrogens with zero attached hydrogens (tertiary/aromatic N) is 2. The lowest BCUT2D eigenvalue weighted by Crippen LogP contribution is -2.27. The number of aryl methyl sites for hydroxylation is 1. The van der Waals surface area contributed by atoms with Crippen LogP contribution >= 0.6 is 11.3 Å². The molecule has 1 amide bonds. The maximum atomic E-state index is 12.0. The fourth-order valence-corrected chi connectivity index (χ4v) is 3.92. The van der Waals surface area contributed by atoms with Gasteiger partial charge in [-0.1, -0.05) is 23.5 Å². The summed E-state index contributed by atoms with van der Waals surface area (Å²) in [6, 6.07) is 10.2. The maximum Gasteiger partial charge on any atom is 0.413 e. The second-order valence-electron chi connectivity index (χ2n) is 7.42. The van der Waals surface area contributed by atoms with Crippen LogP contribution in [-0.2, 0) is 4.74 Å². The number of carbonyl (C=O) groups excluding carboxylic acids is 1. The van der Waals surface area contributed by atoms with Gasteiger partial charge in [0, 0.05) is 5.39 Å². The van der Waals surface area contributed by atoms with Gasteiger partial charge in [0.2, 0.25) is 0 Å². The largest absolute Gasteiger partial charge is 0.444 e. The van der Waals surface area contributed by atoms with Crippen LogP contribution < -0.4 is 5.32 Å². The van der Waals surface area contributed by atoms with Crippen molar-refractivity contribution < 1.29 is 9.53 Å². The van der Waals surface area contributed by atoms with Crippen molar-refractivity contribution in [3.8, 4) is 11.1 Å². The van der Waals surface area contributed by atoms with Crippen molar-refractivity contribution in [1.82, 2.24) is 15.2 Å². The highest BCUT2D eigenvalue weighted by Crippen LogP contribution is 2.35. The summed E-state index contributed by atoms with van der Waals surface area (Å²) in [6.07, 6.45) is 1.35. The number of H-pyrrole nitrogens is 1. The number of anilines is 1. The van der Waals surface area contributed by atoms with E-state index < -0.39 is 11.7 Å². The molecule has 0 radical (unpaired) electrons. The normalized spacial score (nSPS) is 11.9. The number of benzene rings is 2. The molecule has 27 heavy (non-hydrogen) atoms. The highest BCUT2D eigenvalue weighted by molar-refractivity contribution is 7.22. The molecule has 7 heteroatoms. The van der Waals surface area contributed by atoms with E-state index in [2.05, 4.69) is 39.6 Å². The molecule has 0 aliphatic carbocycles. The average Bonchev–Trinajstić information content (AvgIpc) is 3.17. The number of amides is 1.